The third-order valence-corrected chi connectivity index (χ3v) is 5.12. The van der Waals surface area contributed by atoms with Crippen LogP contribution in [0.4, 0.5) is 0 Å². The van der Waals surface area contributed by atoms with E-state index in [4.69, 9.17) is 0 Å². The molecule has 0 radical (unpaired) electrons. The van der Waals surface area contributed by atoms with Crippen molar-refractivity contribution in [1.29, 1.82) is 0 Å². The molecule has 0 aromatic rings. The molecule has 1 atom stereocenters. The molecular weight excluding hydrogens is 204 g/mol. The molecule has 0 aromatic carbocycles. The Labute approximate surface area is 89.0 Å². The average Bonchev–Trinajstić information content (AvgIpc) is 2.87. The van der Waals surface area contributed by atoms with Crippen molar-refractivity contribution in [3.05, 3.63) is 0 Å². The minimum absolute atomic E-state index is 1.03. The van der Waals surface area contributed by atoms with Gasteiger partial charge in [0, 0.05) is 16.8 Å². The molecule has 0 aromatic heterocycles. The SMILES string of the molecule is CCSCCCCSCC1CS1. The zero-order chi connectivity index (χ0) is 8.65. The molecule has 3 heteroatoms. The summed E-state index contributed by atoms with van der Waals surface area (Å²) in [6.45, 7) is 2.24. The van der Waals surface area contributed by atoms with Crippen LogP contribution in [0.2, 0.25) is 0 Å². The summed E-state index contributed by atoms with van der Waals surface area (Å²) in [7, 11) is 0. The molecule has 1 saturated heterocycles. The van der Waals surface area contributed by atoms with Gasteiger partial charge in [-0.25, -0.2) is 0 Å². The average molecular weight is 222 g/mol. The Morgan fingerprint density at radius 3 is 2.50 bits per heavy atom. The maximum Gasteiger partial charge on any atom is 0.0229 e. The lowest BCUT2D eigenvalue weighted by molar-refractivity contribution is 0.907. The summed E-state index contributed by atoms with van der Waals surface area (Å²) in [5, 5.41) is 1.03. The molecule has 0 nitrogen and oxygen atoms in total. The number of hydrogen-bond donors (Lipinski definition) is 0. The van der Waals surface area contributed by atoms with Gasteiger partial charge >= 0.3 is 0 Å². The van der Waals surface area contributed by atoms with E-state index in [1.807, 2.05) is 0 Å². The highest BCUT2D eigenvalue weighted by atomic mass is 32.2. The Kier molecular flexibility index (Phi) is 6.91. The molecule has 0 saturated carbocycles. The third kappa shape index (κ3) is 6.55. The van der Waals surface area contributed by atoms with Crippen molar-refractivity contribution >= 4 is 35.3 Å². The van der Waals surface area contributed by atoms with E-state index in [0.29, 0.717) is 0 Å². The summed E-state index contributed by atoms with van der Waals surface area (Å²) in [4.78, 5) is 0. The summed E-state index contributed by atoms with van der Waals surface area (Å²) in [5.74, 6) is 6.88. The molecule has 1 fully saturated rings. The van der Waals surface area contributed by atoms with Gasteiger partial charge in [-0.1, -0.05) is 6.92 Å². The first kappa shape index (κ1) is 11.1. The van der Waals surface area contributed by atoms with E-state index in [-0.39, 0.29) is 0 Å². The first-order valence-corrected chi connectivity index (χ1v) is 8.06. The Morgan fingerprint density at radius 2 is 1.92 bits per heavy atom. The van der Waals surface area contributed by atoms with E-state index in [9.17, 15) is 0 Å². The minimum atomic E-state index is 1.03. The summed E-state index contributed by atoms with van der Waals surface area (Å²) < 4.78 is 0. The smallest absolute Gasteiger partial charge is 0.0229 e. The van der Waals surface area contributed by atoms with Gasteiger partial charge in [-0.2, -0.15) is 35.3 Å². The van der Waals surface area contributed by atoms with Gasteiger partial charge in [0.05, 0.1) is 0 Å². The Bertz CT molecular complexity index is 102. The van der Waals surface area contributed by atoms with E-state index >= 15 is 0 Å². The number of hydrogen-bond acceptors (Lipinski definition) is 3. The van der Waals surface area contributed by atoms with Gasteiger partial charge < -0.3 is 0 Å². The first-order valence-electron chi connectivity index (χ1n) is 4.70. The van der Waals surface area contributed by atoms with E-state index in [0.717, 1.165) is 5.25 Å². The van der Waals surface area contributed by atoms with Gasteiger partial charge in [0.2, 0.25) is 0 Å². The van der Waals surface area contributed by atoms with Crippen LogP contribution < -0.4 is 0 Å². The maximum atomic E-state index is 2.24. The molecular formula is C9H18S3. The van der Waals surface area contributed by atoms with Gasteiger partial charge in [-0.05, 0) is 30.1 Å². The zero-order valence-electron chi connectivity index (χ0n) is 7.75. The van der Waals surface area contributed by atoms with Crippen LogP contribution in [0, 0.1) is 0 Å². The molecule has 1 aliphatic heterocycles. The van der Waals surface area contributed by atoms with Crippen molar-refractivity contribution in [1.82, 2.24) is 0 Å². The molecule has 1 unspecified atom stereocenters. The zero-order valence-corrected chi connectivity index (χ0v) is 10.2. The molecule has 1 heterocycles. The quantitative estimate of drug-likeness (QED) is 0.456. The number of unbranched alkanes of at least 4 members (excludes halogenated alkanes) is 1. The molecule has 1 rings (SSSR count). The summed E-state index contributed by atoms with van der Waals surface area (Å²) in [5.41, 5.74) is 0. The lowest BCUT2D eigenvalue weighted by Crippen LogP contribution is -1.90. The first-order chi connectivity index (χ1) is 5.93. The summed E-state index contributed by atoms with van der Waals surface area (Å²) >= 11 is 6.34. The van der Waals surface area contributed by atoms with Crippen molar-refractivity contribution in [2.45, 2.75) is 25.0 Å². The normalized spacial score (nSPS) is 21.2. The second kappa shape index (κ2) is 7.45. The molecule has 0 amide bonds. The van der Waals surface area contributed by atoms with E-state index in [1.165, 1.54) is 41.6 Å². The lowest BCUT2D eigenvalue weighted by Gasteiger charge is -1.99. The van der Waals surface area contributed by atoms with E-state index < -0.39 is 0 Å². The topological polar surface area (TPSA) is 0 Å². The lowest BCUT2D eigenvalue weighted by atomic mass is 10.4. The molecule has 72 valence electrons. The van der Waals surface area contributed by atoms with Gasteiger partial charge in [-0.15, -0.1) is 0 Å². The highest BCUT2D eigenvalue weighted by Gasteiger charge is 2.21. The molecule has 0 spiro atoms. The maximum absolute atomic E-state index is 2.24. The summed E-state index contributed by atoms with van der Waals surface area (Å²) in [6.07, 6.45) is 2.85. The highest BCUT2D eigenvalue weighted by molar-refractivity contribution is 8.08. The van der Waals surface area contributed by atoms with E-state index in [2.05, 4.69) is 42.2 Å². The third-order valence-electron chi connectivity index (χ3n) is 1.74. The molecule has 0 N–H and O–H groups in total. The van der Waals surface area contributed by atoms with Crippen LogP contribution in [-0.2, 0) is 0 Å². The Hall–Kier alpha value is 1.05. The van der Waals surface area contributed by atoms with Gasteiger partial charge in [0.25, 0.3) is 0 Å². The second-order valence-electron chi connectivity index (χ2n) is 2.93. The van der Waals surface area contributed by atoms with Crippen LogP contribution in [0.25, 0.3) is 0 Å². The highest BCUT2D eigenvalue weighted by Crippen LogP contribution is 2.33. The largest absolute Gasteiger partial charge is 0.162 e. The van der Waals surface area contributed by atoms with Crippen LogP contribution in [-0.4, -0.2) is 34.0 Å². The minimum Gasteiger partial charge on any atom is -0.162 e. The van der Waals surface area contributed by atoms with Gasteiger partial charge in [0.1, 0.15) is 0 Å². The molecule has 1 aliphatic rings. The van der Waals surface area contributed by atoms with Crippen LogP contribution in [0.3, 0.4) is 0 Å². The fourth-order valence-corrected chi connectivity index (χ4v) is 3.66. The van der Waals surface area contributed by atoms with Crippen LogP contribution in [0.5, 0.6) is 0 Å². The predicted molar refractivity (Wildman–Crippen MR) is 65.8 cm³/mol. The molecule has 0 bridgehead atoms. The monoisotopic (exact) mass is 222 g/mol. The van der Waals surface area contributed by atoms with Crippen molar-refractivity contribution in [3.63, 3.8) is 0 Å². The number of rotatable bonds is 8. The fraction of sp³-hybridized carbons (Fsp3) is 1.00. The van der Waals surface area contributed by atoms with Crippen molar-refractivity contribution in [2.75, 3.05) is 28.8 Å². The van der Waals surface area contributed by atoms with Crippen molar-refractivity contribution < 1.29 is 0 Å². The number of thioether (sulfide) groups is 3. The van der Waals surface area contributed by atoms with E-state index in [1.54, 1.807) is 0 Å². The predicted octanol–water partition coefficient (Wildman–Crippen LogP) is 3.37. The van der Waals surface area contributed by atoms with Gasteiger partial charge in [0.15, 0.2) is 0 Å². The Morgan fingerprint density at radius 1 is 1.25 bits per heavy atom. The second-order valence-corrected chi connectivity index (χ2v) is 6.81. The fourth-order valence-electron chi connectivity index (χ4n) is 0.932. The molecule has 0 aliphatic carbocycles. The van der Waals surface area contributed by atoms with Crippen LogP contribution in [0.1, 0.15) is 19.8 Å². The van der Waals surface area contributed by atoms with Gasteiger partial charge in [-0.3, -0.25) is 0 Å². The van der Waals surface area contributed by atoms with Crippen LogP contribution in [0.15, 0.2) is 0 Å². The molecule has 12 heavy (non-hydrogen) atoms. The Balaban J connectivity index is 1.65. The van der Waals surface area contributed by atoms with Crippen LogP contribution >= 0.6 is 35.3 Å². The summed E-state index contributed by atoms with van der Waals surface area (Å²) in [6, 6.07) is 0. The van der Waals surface area contributed by atoms with Crippen molar-refractivity contribution in [3.8, 4) is 0 Å². The van der Waals surface area contributed by atoms with Crippen molar-refractivity contribution in [2.24, 2.45) is 0 Å². The standard InChI is InChI=1S/C9H18S3/c1-2-10-5-3-4-6-11-7-9-8-12-9/h9H,2-8H2,1H3.